The van der Waals surface area contributed by atoms with E-state index in [9.17, 15) is 57.0 Å². The van der Waals surface area contributed by atoms with Gasteiger partial charge in [0.15, 0.2) is 24.4 Å². The zero-order chi connectivity index (χ0) is 105. The molecule has 0 spiro atoms. The first-order valence-corrected chi connectivity index (χ1v) is 49.3. The summed E-state index contributed by atoms with van der Waals surface area (Å²) < 4.78 is 144. The van der Waals surface area contributed by atoms with Crippen molar-refractivity contribution in [2.45, 2.75) is 437 Å². The number of nitrogens with zero attached hydrogens (tertiary/aromatic N) is 3. The van der Waals surface area contributed by atoms with Crippen molar-refractivity contribution in [3.05, 3.63) is 64.9 Å². The van der Waals surface area contributed by atoms with Gasteiger partial charge in [0.2, 0.25) is 0 Å². The molecule has 24 atom stereocenters. The van der Waals surface area contributed by atoms with E-state index in [0.29, 0.717) is 31.3 Å². The normalized spacial score (nSPS) is 28.0. The SMILES string of the molecule is C=C(C)O[C@@H]1[C@@H](OS(=O)(=O)c2ccc(C)cc2)[C@@H](COC(C)=O)O[C@H]1C(C)(C)C.C=C(C)O[C@@H]1[C@H](N=[N+]=[N-])[C@@H](COC(C)=O)O[C@H]1C(C)(C)C.CCCCCCCCO[C@@H]1[C@@H](OC(C)=O)[C@H](C(C)(C)C)O[C@@H]1COC(C)=O.CCCCO[C@@H]1[C@@H](O)[C@@H](C(C)(C)C)O[C@@H]1CO.CCCCO[C@@H]1[C@@H](OC(C)=O)[C@H](C(C)(C)C)O[C@@H]1COC(C)=O.CO[C@@H]1[C@@H](OC(C)=O)[C@H](C(C)(C)C)O[C@@H]1COC(C)=O. The molecule has 2 N–H and O–H groups in total. The molecule has 0 unspecified atom stereocenters. The summed E-state index contributed by atoms with van der Waals surface area (Å²) in [7, 11) is -2.58. The van der Waals surface area contributed by atoms with E-state index in [1.54, 1.807) is 26.0 Å². The maximum absolute atomic E-state index is 12.9. The number of methoxy groups -OCH3 is 1. The standard InChI is InChI=1S/C21H30O7S.C21H38O6.C17H30O6.C14H23N3O4.C14H24O6.C13H26O4/c1-13(2)26-19-18(28-29(23,24)16-10-8-14(3)9-11-16)17(12-25-15(4)22)27-20(19)21(5,6)7;1-7-8-9-10-11-12-13-24-18-17(14-25-15(2)22)27-20(21(4,5)6)19(18)26-16(3)23;1-7-8-9-20-14-13(10-21-11(2)18)23-16(17(4,5)6)15(14)22-12(3)19;1-8(2)20-12-11(16-17-15)10(7-19-9(3)18)21-13(12)14(4,5)6;1-8(15)18-7-10-11(17-6)12(19-9(2)16)13(20-10)14(3,4)5;1-5-6-7-16-11-9(8-14)17-12(10(11)15)13(2,3)4/h8-11,17-20H,1,12H2,2-7H3;17-20H,7-14H2,1-6H3;13-16H,7-10H2,1-6H3;10-13H,1,7H2,2-6H3;10-13H,7H2,1-6H3;9-12,14-15H,5-8H2,1-4H3/t2*17-,18+,19-,20-;13-,14+,15-,16-;10-,11-,12-,13-;10-,11+,12-,13-;9-,10-,11+,12+/m111111/s1. The highest BCUT2D eigenvalue weighted by Crippen LogP contribution is 2.45. The van der Waals surface area contributed by atoms with Crippen LogP contribution in [0.5, 0.6) is 0 Å². The second kappa shape index (κ2) is 59.0. The Morgan fingerprint density at radius 1 is 0.380 bits per heavy atom. The van der Waals surface area contributed by atoms with Crippen molar-refractivity contribution in [2.24, 2.45) is 37.6 Å². The van der Waals surface area contributed by atoms with Crippen molar-refractivity contribution >= 4 is 57.9 Å². The molecule has 0 bridgehead atoms. The summed E-state index contributed by atoms with van der Waals surface area (Å²) in [5.74, 6) is -2.22. The topological polar surface area (TPSA) is 454 Å². The third-order valence-electron chi connectivity index (χ3n) is 22.5. The Morgan fingerprint density at radius 3 is 0.985 bits per heavy atom. The Bertz CT molecular complexity index is 4010. The van der Waals surface area contributed by atoms with Crippen molar-refractivity contribution in [2.75, 3.05) is 66.6 Å². The maximum atomic E-state index is 12.9. The fraction of sp³-hybridized carbons (Fsp3) is 0.820. The van der Waals surface area contributed by atoms with Gasteiger partial charge in [-0.1, -0.05) is 226 Å². The number of benzene rings is 1. The molecule has 0 aromatic heterocycles. The number of allylic oxidation sites excluding steroid dienone is 2. The van der Waals surface area contributed by atoms with Crippen LogP contribution in [0.4, 0.5) is 0 Å². The molecule has 0 radical (unpaired) electrons. The van der Waals surface area contributed by atoms with Crippen LogP contribution in [0.25, 0.3) is 10.4 Å². The number of carbonyl (C=O) groups excluding carboxylic acids is 8. The van der Waals surface area contributed by atoms with E-state index in [1.165, 1.54) is 100 Å². The number of hydrogen-bond acceptors (Lipinski definition) is 34. The van der Waals surface area contributed by atoms with Gasteiger partial charge in [-0.3, -0.25) is 42.5 Å². The van der Waals surface area contributed by atoms with Gasteiger partial charge in [-0.05, 0) is 90.2 Å². The molecule has 1 aromatic rings. The molecule has 0 aliphatic carbocycles. The Hall–Kier alpha value is -7.20. The zero-order valence-corrected chi connectivity index (χ0v) is 89.1. The van der Waals surface area contributed by atoms with Crippen molar-refractivity contribution in [3.8, 4) is 0 Å². The molecule has 36 nitrogen and oxygen atoms in total. The first-order valence-electron chi connectivity index (χ1n) is 47.8. The summed E-state index contributed by atoms with van der Waals surface area (Å²) in [5.41, 5.74) is 8.22. The van der Waals surface area contributed by atoms with E-state index in [-0.39, 0.29) is 143 Å². The number of esters is 8. The van der Waals surface area contributed by atoms with Gasteiger partial charge in [0.1, 0.15) is 149 Å². The van der Waals surface area contributed by atoms with Crippen LogP contribution in [0.15, 0.2) is 59.0 Å². The van der Waals surface area contributed by atoms with Gasteiger partial charge < -0.3 is 105 Å². The predicted octanol–water partition coefficient (Wildman–Crippen LogP) is 15.5. The Morgan fingerprint density at radius 2 is 0.664 bits per heavy atom. The van der Waals surface area contributed by atoms with Crippen LogP contribution >= 0.6 is 0 Å². The number of rotatable bonds is 39. The average Bonchev–Trinajstić information content (AvgIpc) is 1.55. The number of aryl methyl sites for hydroxylation is 1. The number of aliphatic hydroxyl groups excluding tert-OH is 2. The molecular formula is C100H171N3O33S. The van der Waals surface area contributed by atoms with E-state index < -0.39 is 138 Å². The van der Waals surface area contributed by atoms with E-state index >= 15 is 0 Å². The van der Waals surface area contributed by atoms with E-state index in [4.69, 9.17) is 104 Å². The Balaban J connectivity index is 0.000000561. The zero-order valence-electron chi connectivity index (χ0n) is 88.3. The molecule has 6 aliphatic rings. The fourth-order valence-electron chi connectivity index (χ4n) is 16.0. The first-order chi connectivity index (χ1) is 63.4. The van der Waals surface area contributed by atoms with Gasteiger partial charge >= 0.3 is 47.8 Å². The quantitative estimate of drug-likeness (QED) is 0.00903. The van der Waals surface area contributed by atoms with Crippen LogP contribution in [-0.2, 0) is 147 Å². The van der Waals surface area contributed by atoms with Crippen LogP contribution in [-0.4, -0.2) is 279 Å². The number of ether oxygens (including phenoxy) is 20. The molecule has 137 heavy (non-hydrogen) atoms. The average molecular weight is 1980 g/mol. The molecule has 6 aliphatic heterocycles. The highest BCUT2D eigenvalue weighted by Gasteiger charge is 2.58. The van der Waals surface area contributed by atoms with Crippen molar-refractivity contribution in [1.29, 1.82) is 0 Å². The van der Waals surface area contributed by atoms with Crippen LogP contribution < -0.4 is 0 Å². The highest BCUT2D eigenvalue weighted by molar-refractivity contribution is 7.86. The van der Waals surface area contributed by atoms with Gasteiger partial charge in [-0.2, -0.15) is 8.42 Å². The molecule has 6 fully saturated rings. The summed E-state index contributed by atoms with van der Waals surface area (Å²) in [4.78, 5) is 92.9. The van der Waals surface area contributed by atoms with Crippen LogP contribution in [0, 0.1) is 39.4 Å². The van der Waals surface area contributed by atoms with Crippen LogP contribution in [0.3, 0.4) is 0 Å². The van der Waals surface area contributed by atoms with Crippen molar-refractivity contribution in [1.82, 2.24) is 0 Å². The number of aliphatic hydroxyl groups is 2. The monoisotopic (exact) mass is 1970 g/mol. The fourth-order valence-corrected chi connectivity index (χ4v) is 17.1. The minimum atomic E-state index is -4.10. The molecule has 790 valence electrons. The third-order valence-corrected chi connectivity index (χ3v) is 23.8. The van der Waals surface area contributed by atoms with E-state index in [2.05, 4.69) is 44.0 Å². The maximum Gasteiger partial charge on any atom is 0.303 e. The molecular weight excluding hydrogens is 1800 g/mol. The minimum Gasteiger partial charge on any atom is -0.492 e. The molecule has 7 rings (SSSR count). The summed E-state index contributed by atoms with van der Waals surface area (Å²) in [6.07, 6.45) is -0.350. The van der Waals surface area contributed by atoms with Gasteiger partial charge in [0.25, 0.3) is 10.1 Å². The summed E-state index contributed by atoms with van der Waals surface area (Å²) >= 11 is 0. The summed E-state index contributed by atoms with van der Waals surface area (Å²) in [6, 6.07) is 5.78. The lowest BCUT2D eigenvalue weighted by Crippen LogP contribution is -2.44. The third kappa shape index (κ3) is 44.1. The highest BCUT2D eigenvalue weighted by atomic mass is 32.2. The molecule has 6 saturated heterocycles. The van der Waals surface area contributed by atoms with Gasteiger partial charge in [-0.15, -0.1) is 0 Å². The van der Waals surface area contributed by atoms with Crippen molar-refractivity contribution in [3.63, 3.8) is 0 Å². The number of carbonyl (C=O) groups is 8. The van der Waals surface area contributed by atoms with E-state index in [0.717, 1.165) is 44.1 Å². The second-order valence-corrected chi connectivity index (χ2v) is 43.5. The van der Waals surface area contributed by atoms with Crippen LogP contribution in [0.1, 0.15) is 284 Å². The van der Waals surface area contributed by atoms with Crippen LogP contribution in [0.2, 0.25) is 0 Å². The Kier molecular flexibility index (Phi) is 54.2. The predicted molar refractivity (Wildman–Crippen MR) is 510 cm³/mol. The first kappa shape index (κ1) is 126. The lowest BCUT2D eigenvalue weighted by molar-refractivity contribution is -0.159. The molecule has 0 saturated carbocycles. The lowest BCUT2D eigenvalue weighted by Gasteiger charge is -2.32. The van der Waals surface area contributed by atoms with E-state index in [1.807, 2.05) is 132 Å². The van der Waals surface area contributed by atoms with Gasteiger partial charge in [-0.25, -0.2) is 0 Å². The van der Waals surface area contributed by atoms with Gasteiger partial charge in [0, 0.05) is 87.2 Å². The molecule has 0 amide bonds. The summed E-state index contributed by atoms with van der Waals surface area (Å²) in [5, 5.41) is 23.3. The Labute approximate surface area is 816 Å². The van der Waals surface area contributed by atoms with Gasteiger partial charge in [0.05, 0.1) is 29.1 Å². The summed E-state index contributed by atoms with van der Waals surface area (Å²) in [6.45, 7) is 67.8. The second-order valence-electron chi connectivity index (χ2n) is 41.9. The molecule has 37 heteroatoms. The number of unbranched alkanes of at least 4 members (excludes halogenated alkanes) is 7. The number of hydrogen-bond donors (Lipinski definition) is 2. The molecule has 1 aromatic carbocycles. The largest absolute Gasteiger partial charge is 0.492 e. The molecule has 6 heterocycles. The number of azide groups is 1. The smallest absolute Gasteiger partial charge is 0.303 e. The minimum absolute atomic E-state index is 0.0294. The lowest BCUT2D eigenvalue weighted by atomic mass is 9.84. The van der Waals surface area contributed by atoms with Crippen molar-refractivity contribution < 1.29 is 156 Å².